The molecule has 0 bridgehead atoms. The highest BCUT2D eigenvalue weighted by molar-refractivity contribution is 7.80. The molecule has 3 heterocycles. The van der Waals surface area contributed by atoms with Gasteiger partial charge in [-0.3, -0.25) is 0 Å². The lowest BCUT2D eigenvalue weighted by Gasteiger charge is -2.29. The molecule has 1 aromatic rings. The van der Waals surface area contributed by atoms with E-state index >= 15 is 0 Å². The maximum absolute atomic E-state index is 5.45. The number of hydrogen-bond acceptors (Lipinski definition) is 5. The summed E-state index contributed by atoms with van der Waals surface area (Å²) in [5.74, 6) is 3.20. The second-order valence-corrected chi connectivity index (χ2v) is 8.49. The molecule has 0 aromatic carbocycles. The summed E-state index contributed by atoms with van der Waals surface area (Å²) in [5.41, 5.74) is 0. The lowest BCUT2D eigenvalue weighted by molar-refractivity contribution is 0.573. The molecule has 2 N–H and O–H groups in total. The maximum atomic E-state index is 5.45. The van der Waals surface area contributed by atoms with Crippen molar-refractivity contribution in [1.29, 1.82) is 0 Å². The van der Waals surface area contributed by atoms with Crippen molar-refractivity contribution < 1.29 is 0 Å². The quantitative estimate of drug-likeness (QED) is 0.742. The Morgan fingerprint density at radius 1 is 0.926 bits per heavy atom. The monoisotopic (exact) mass is 390 g/mol. The third-order valence-electron chi connectivity index (χ3n) is 5.21. The zero-order valence-corrected chi connectivity index (χ0v) is 17.7. The highest BCUT2D eigenvalue weighted by Gasteiger charge is 2.18. The summed E-state index contributed by atoms with van der Waals surface area (Å²) in [6.45, 7) is 9.48. The van der Waals surface area contributed by atoms with Crippen LogP contribution >= 0.6 is 12.2 Å². The normalized spacial score (nSPS) is 18.3. The summed E-state index contributed by atoms with van der Waals surface area (Å²) >= 11 is 5.45. The Balaban J connectivity index is 1.79. The van der Waals surface area contributed by atoms with E-state index in [1.165, 1.54) is 44.9 Å². The Morgan fingerprint density at radius 3 is 1.89 bits per heavy atom. The van der Waals surface area contributed by atoms with E-state index in [0.29, 0.717) is 17.0 Å². The van der Waals surface area contributed by atoms with Gasteiger partial charge in [-0.25, -0.2) is 0 Å². The second kappa shape index (κ2) is 10.1. The topological polar surface area (TPSA) is 56.3 Å². The van der Waals surface area contributed by atoms with Gasteiger partial charge in [0.25, 0.3) is 0 Å². The molecule has 0 atom stereocenters. The third kappa shape index (κ3) is 6.19. The highest BCUT2D eigenvalue weighted by Crippen LogP contribution is 2.25. The van der Waals surface area contributed by atoms with Crippen LogP contribution < -0.4 is 20.4 Å². The number of nitrogens with one attached hydrogen (secondary N) is 2. The van der Waals surface area contributed by atoms with Gasteiger partial charge in [-0.05, 0) is 50.2 Å². The Labute approximate surface area is 169 Å². The fourth-order valence-corrected chi connectivity index (χ4v) is 3.84. The minimum absolute atomic E-state index is 0.540. The van der Waals surface area contributed by atoms with Gasteiger partial charge >= 0.3 is 0 Å². The minimum atomic E-state index is 0.540. The largest absolute Gasteiger partial charge is 0.362 e. The summed E-state index contributed by atoms with van der Waals surface area (Å²) in [4.78, 5) is 14.4. The van der Waals surface area contributed by atoms with Crippen molar-refractivity contribution in [1.82, 2.24) is 15.3 Å². The molecule has 6 nitrogen and oxygen atoms in total. The SMILES string of the molecule is CC(C)CNC(=S)Nc1nc(N2CCCCCC2)cc(N2CCCCC2)n1. The standard InChI is InChI=1S/C20H34N6S/c1-16(2)15-21-20(27)24-19-22-17(25-10-6-3-4-7-11-25)14-18(23-19)26-12-8-5-9-13-26/h14,16H,3-13,15H2,1-2H3,(H2,21,22,23,24,27). The molecule has 7 heteroatoms. The first-order chi connectivity index (χ1) is 13.1. The first-order valence-corrected chi connectivity index (χ1v) is 11.0. The predicted octanol–water partition coefficient (Wildman–Crippen LogP) is 3.79. The van der Waals surface area contributed by atoms with Crippen LogP contribution in [0.4, 0.5) is 17.6 Å². The molecule has 2 aliphatic heterocycles. The molecule has 2 fully saturated rings. The van der Waals surface area contributed by atoms with Gasteiger partial charge in [-0.15, -0.1) is 0 Å². The maximum Gasteiger partial charge on any atom is 0.232 e. The number of hydrogen-bond donors (Lipinski definition) is 2. The first-order valence-electron chi connectivity index (χ1n) is 10.6. The van der Waals surface area contributed by atoms with Gasteiger partial charge in [0, 0.05) is 38.8 Å². The van der Waals surface area contributed by atoms with Gasteiger partial charge in [-0.2, -0.15) is 9.97 Å². The van der Waals surface area contributed by atoms with Crippen LogP contribution in [0.3, 0.4) is 0 Å². The zero-order valence-electron chi connectivity index (χ0n) is 16.8. The Morgan fingerprint density at radius 2 is 1.41 bits per heavy atom. The lowest BCUT2D eigenvalue weighted by Crippen LogP contribution is -2.34. The number of anilines is 3. The Kier molecular flexibility index (Phi) is 7.50. The van der Waals surface area contributed by atoms with Crippen LogP contribution in [0, 0.1) is 5.92 Å². The zero-order chi connectivity index (χ0) is 19.1. The summed E-state index contributed by atoms with van der Waals surface area (Å²) in [6.07, 6.45) is 8.89. The average molecular weight is 391 g/mol. The molecular weight excluding hydrogens is 356 g/mol. The molecule has 3 rings (SSSR count). The van der Waals surface area contributed by atoms with Gasteiger partial charge < -0.3 is 20.4 Å². The average Bonchev–Trinajstić information content (AvgIpc) is 2.96. The number of aromatic nitrogens is 2. The molecule has 27 heavy (non-hydrogen) atoms. The molecule has 150 valence electrons. The van der Waals surface area contributed by atoms with Gasteiger partial charge in [0.1, 0.15) is 11.6 Å². The van der Waals surface area contributed by atoms with E-state index in [-0.39, 0.29) is 0 Å². The third-order valence-corrected chi connectivity index (χ3v) is 5.45. The number of rotatable bonds is 5. The van der Waals surface area contributed by atoms with Gasteiger partial charge in [0.2, 0.25) is 5.95 Å². The van der Waals surface area contributed by atoms with E-state index in [2.05, 4.69) is 40.3 Å². The molecule has 0 unspecified atom stereocenters. The van der Waals surface area contributed by atoms with E-state index in [0.717, 1.165) is 44.4 Å². The molecular formula is C20H34N6S. The van der Waals surface area contributed by atoms with E-state index in [1.807, 2.05) is 0 Å². The lowest BCUT2D eigenvalue weighted by atomic mass is 10.1. The molecule has 0 spiro atoms. The van der Waals surface area contributed by atoms with Crippen LogP contribution in [-0.2, 0) is 0 Å². The smallest absolute Gasteiger partial charge is 0.232 e. The van der Waals surface area contributed by atoms with Crippen LogP contribution in [0.2, 0.25) is 0 Å². The van der Waals surface area contributed by atoms with Crippen LogP contribution in [0.1, 0.15) is 58.8 Å². The second-order valence-electron chi connectivity index (χ2n) is 8.09. The Hall–Kier alpha value is -1.63. The van der Waals surface area contributed by atoms with Crippen LogP contribution in [0.15, 0.2) is 6.07 Å². The van der Waals surface area contributed by atoms with E-state index < -0.39 is 0 Å². The Bertz CT molecular complexity index is 606. The summed E-state index contributed by atoms with van der Waals surface area (Å²) in [6, 6.07) is 2.17. The fourth-order valence-electron chi connectivity index (χ4n) is 3.67. The summed E-state index contributed by atoms with van der Waals surface area (Å²) in [5, 5.41) is 7.07. The van der Waals surface area contributed by atoms with Crippen molar-refractivity contribution in [2.75, 3.05) is 47.8 Å². The van der Waals surface area contributed by atoms with E-state index in [4.69, 9.17) is 22.2 Å². The number of piperidine rings is 1. The van der Waals surface area contributed by atoms with Crippen LogP contribution in [0.5, 0.6) is 0 Å². The molecule has 1 aromatic heterocycles. The van der Waals surface area contributed by atoms with Crippen molar-refractivity contribution >= 4 is 34.9 Å². The van der Waals surface area contributed by atoms with Crippen molar-refractivity contribution in [3.63, 3.8) is 0 Å². The van der Waals surface area contributed by atoms with E-state index in [9.17, 15) is 0 Å². The molecule has 0 radical (unpaired) electrons. The molecule has 0 amide bonds. The van der Waals surface area contributed by atoms with Gasteiger partial charge in [0.05, 0.1) is 0 Å². The van der Waals surface area contributed by atoms with Crippen molar-refractivity contribution in [2.24, 2.45) is 5.92 Å². The first kappa shape index (κ1) is 20.1. The molecule has 2 saturated heterocycles. The van der Waals surface area contributed by atoms with E-state index in [1.54, 1.807) is 0 Å². The molecule has 0 aliphatic carbocycles. The fraction of sp³-hybridized carbons (Fsp3) is 0.750. The van der Waals surface area contributed by atoms with Crippen molar-refractivity contribution in [2.45, 2.75) is 58.8 Å². The van der Waals surface area contributed by atoms with Gasteiger partial charge in [-0.1, -0.05) is 26.7 Å². The molecule has 2 aliphatic rings. The minimum Gasteiger partial charge on any atom is -0.362 e. The summed E-state index contributed by atoms with van der Waals surface area (Å²) < 4.78 is 0. The number of thiocarbonyl (C=S) groups is 1. The van der Waals surface area contributed by atoms with Crippen LogP contribution in [0.25, 0.3) is 0 Å². The summed E-state index contributed by atoms with van der Waals surface area (Å²) in [7, 11) is 0. The predicted molar refractivity (Wildman–Crippen MR) is 118 cm³/mol. The van der Waals surface area contributed by atoms with Gasteiger partial charge in [0.15, 0.2) is 5.11 Å². The van der Waals surface area contributed by atoms with Crippen LogP contribution in [-0.4, -0.2) is 47.8 Å². The van der Waals surface area contributed by atoms with Crippen molar-refractivity contribution in [3.8, 4) is 0 Å². The number of nitrogens with zero attached hydrogens (tertiary/aromatic N) is 4. The highest BCUT2D eigenvalue weighted by atomic mass is 32.1. The molecule has 0 saturated carbocycles. The van der Waals surface area contributed by atoms with Crippen molar-refractivity contribution in [3.05, 3.63) is 6.07 Å².